The lowest BCUT2D eigenvalue weighted by atomic mass is 10.2. The summed E-state index contributed by atoms with van der Waals surface area (Å²) in [5, 5.41) is 2.69. The molecule has 1 aromatic carbocycles. The number of amides is 1. The lowest BCUT2D eigenvalue weighted by molar-refractivity contribution is 0.102. The lowest BCUT2D eigenvalue weighted by Crippen LogP contribution is -2.13. The third-order valence-corrected chi connectivity index (χ3v) is 2.85. The fourth-order valence-corrected chi connectivity index (χ4v) is 1.81. The molecule has 1 heterocycles. The first-order valence-corrected chi connectivity index (χ1v) is 5.80. The molecular weight excluding hydrogens is 297 g/mol. The van der Waals surface area contributed by atoms with Crippen LogP contribution in [0.1, 0.15) is 10.4 Å². The molecule has 98 valence electrons. The van der Waals surface area contributed by atoms with Crippen LogP contribution in [0, 0.1) is 11.6 Å². The quantitative estimate of drug-likeness (QED) is 0.913. The first-order valence-electron chi connectivity index (χ1n) is 5.04. The molecule has 0 aliphatic carbocycles. The highest BCUT2D eigenvalue weighted by Crippen LogP contribution is 2.29. The summed E-state index contributed by atoms with van der Waals surface area (Å²) in [7, 11) is 0. The summed E-state index contributed by atoms with van der Waals surface area (Å²) in [6.07, 6.45) is 2.60. The molecule has 0 aliphatic heterocycles. The third-order valence-electron chi connectivity index (χ3n) is 2.27. The van der Waals surface area contributed by atoms with Gasteiger partial charge in [0.15, 0.2) is 11.6 Å². The zero-order chi connectivity index (χ0) is 14.0. The maximum Gasteiger partial charge on any atom is 0.255 e. The van der Waals surface area contributed by atoms with Crippen molar-refractivity contribution in [2.45, 2.75) is 0 Å². The van der Waals surface area contributed by atoms with Gasteiger partial charge in [0.05, 0.1) is 15.7 Å². The fraction of sp³-hybridized carbons (Fsp3) is 0. The molecule has 0 radical (unpaired) electrons. The number of rotatable bonds is 2. The van der Waals surface area contributed by atoms with Crippen molar-refractivity contribution in [2.75, 3.05) is 5.32 Å². The van der Waals surface area contributed by atoms with E-state index in [2.05, 4.69) is 10.3 Å². The Hall–Kier alpha value is -1.72. The van der Waals surface area contributed by atoms with Crippen LogP contribution in [0.4, 0.5) is 14.5 Å². The smallest absolute Gasteiger partial charge is 0.255 e. The monoisotopic (exact) mass is 302 g/mol. The minimum atomic E-state index is -1.11. The predicted molar refractivity (Wildman–Crippen MR) is 68.6 cm³/mol. The number of halogens is 4. The van der Waals surface area contributed by atoms with Crippen LogP contribution in [0.5, 0.6) is 0 Å². The van der Waals surface area contributed by atoms with Gasteiger partial charge in [0.1, 0.15) is 0 Å². The summed E-state index contributed by atoms with van der Waals surface area (Å²) in [6, 6.07) is 2.80. The average molecular weight is 303 g/mol. The average Bonchev–Trinajstić information content (AvgIpc) is 2.37. The van der Waals surface area contributed by atoms with E-state index in [0.29, 0.717) is 0 Å². The number of benzene rings is 1. The summed E-state index contributed by atoms with van der Waals surface area (Å²) in [5.41, 5.74) is 0.107. The second-order valence-corrected chi connectivity index (χ2v) is 4.38. The van der Waals surface area contributed by atoms with Gasteiger partial charge in [-0.15, -0.1) is 0 Å². The maximum atomic E-state index is 13.0. The molecule has 1 aromatic heterocycles. The van der Waals surface area contributed by atoms with E-state index in [4.69, 9.17) is 23.2 Å². The molecule has 2 aromatic rings. The Kier molecular flexibility index (Phi) is 3.97. The summed E-state index contributed by atoms with van der Waals surface area (Å²) >= 11 is 11.6. The Bertz CT molecular complexity index is 629. The van der Waals surface area contributed by atoms with Gasteiger partial charge < -0.3 is 5.32 Å². The van der Waals surface area contributed by atoms with Crippen LogP contribution in [-0.2, 0) is 0 Å². The molecule has 0 saturated carbocycles. The van der Waals surface area contributed by atoms with Crippen molar-refractivity contribution in [2.24, 2.45) is 0 Å². The van der Waals surface area contributed by atoms with Crippen LogP contribution in [0.2, 0.25) is 10.0 Å². The minimum absolute atomic E-state index is 0.0529. The summed E-state index contributed by atoms with van der Waals surface area (Å²) in [4.78, 5) is 15.6. The zero-order valence-corrected chi connectivity index (χ0v) is 10.8. The molecule has 1 N–H and O–H groups in total. The number of anilines is 1. The summed E-state index contributed by atoms with van der Waals surface area (Å²) in [6.45, 7) is 0. The molecule has 19 heavy (non-hydrogen) atoms. The van der Waals surface area contributed by atoms with E-state index in [1.807, 2.05) is 0 Å². The minimum Gasteiger partial charge on any atom is -0.319 e. The molecule has 7 heteroatoms. The standard InChI is InChI=1S/C12H6Cl2F2N2O/c13-7-4-17-5-8(14)11(7)18-12(19)6-1-2-9(15)10(16)3-6/h1-5H,(H,17,18,19). The summed E-state index contributed by atoms with van der Waals surface area (Å²) in [5.74, 6) is -2.80. The number of carbonyl (C=O) groups excluding carboxylic acids is 1. The van der Waals surface area contributed by atoms with Gasteiger partial charge in [0, 0.05) is 18.0 Å². The molecule has 0 aliphatic rings. The predicted octanol–water partition coefficient (Wildman–Crippen LogP) is 3.92. The van der Waals surface area contributed by atoms with Crippen LogP contribution in [0.15, 0.2) is 30.6 Å². The lowest BCUT2D eigenvalue weighted by Gasteiger charge is -2.08. The van der Waals surface area contributed by atoms with E-state index in [1.54, 1.807) is 0 Å². The molecule has 0 bridgehead atoms. The molecule has 3 nitrogen and oxygen atoms in total. The number of nitrogens with one attached hydrogen (secondary N) is 1. The van der Waals surface area contributed by atoms with Gasteiger partial charge in [-0.25, -0.2) is 8.78 Å². The molecule has 1 amide bonds. The SMILES string of the molecule is O=C(Nc1c(Cl)cncc1Cl)c1ccc(F)c(F)c1. The number of hydrogen-bond donors (Lipinski definition) is 1. The maximum absolute atomic E-state index is 13.0. The van der Waals surface area contributed by atoms with Crippen molar-refractivity contribution < 1.29 is 13.6 Å². The summed E-state index contributed by atoms with van der Waals surface area (Å²) < 4.78 is 25.8. The Morgan fingerprint density at radius 2 is 1.74 bits per heavy atom. The van der Waals surface area contributed by atoms with Crippen LogP contribution >= 0.6 is 23.2 Å². The highest BCUT2D eigenvalue weighted by Gasteiger charge is 2.13. The highest BCUT2D eigenvalue weighted by molar-refractivity contribution is 6.39. The van der Waals surface area contributed by atoms with E-state index < -0.39 is 17.5 Å². The fourth-order valence-electron chi connectivity index (χ4n) is 1.35. The second kappa shape index (κ2) is 5.50. The van der Waals surface area contributed by atoms with E-state index in [0.717, 1.165) is 18.2 Å². The number of aromatic nitrogens is 1. The number of hydrogen-bond acceptors (Lipinski definition) is 2. The number of nitrogens with zero attached hydrogens (tertiary/aromatic N) is 1. The highest BCUT2D eigenvalue weighted by atomic mass is 35.5. The van der Waals surface area contributed by atoms with Crippen molar-refractivity contribution >= 4 is 34.8 Å². The normalized spacial score (nSPS) is 10.3. The number of pyridine rings is 1. The molecule has 0 saturated heterocycles. The van der Waals surface area contributed by atoms with Gasteiger partial charge in [-0.2, -0.15) is 0 Å². The van der Waals surface area contributed by atoms with E-state index >= 15 is 0 Å². The molecule has 0 spiro atoms. The van der Waals surface area contributed by atoms with Gasteiger partial charge in [0.25, 0.3) is 5.91 Å². The van der Waals surface area contributed by atoms with Crippen LogP contribution in [-0.4, -0.2) is 10.9 Å². The zero-order valence-electron chi connectivity index (χ0n) is 9.25. The molecule has 0 atom stereocenters. The van der Waals surface area contributed by atoms with E-state index in [9.17, 15) is 13.6 Å². The van der Waals surface area contributed by atoms with Crippen molar-refractivity contribution in [1.29, 1.82) is 0 Å². The van der Waals surface area contributed by atoms with Crippen LogP contribution in [0.25, 0.3) is 0 Å². The molecular formula is C12H6Cl2F2N2O. The Labute approximate surface area is 117 Å². The van der Waals surface area contributed by atoms with Crippen molar-refractivity contribution in [3.8, 4) is 0 Å². The van der Waals surface area contributed by atoms with Crippen molar-refractivity contribution in [3.05, 3.63) is 57.8 Å². The first-order chi connectivity index (χ1) is 8.99. The Morgan fingerprint density at radius 3 is 2.32 bits per heavy atom. The van der Waals surface area contributed by atoms with Gasteiger partial charge >= 0.3 is 0 Å². The van der Waals surface area contributed by atoms with E-state index in [-0.39, 0.29) is 21.3 Å². The van der Waals surface area contributed by atoms with Crippen LogP contribution in [0.3, 0.4) is 0 Å². The van der Waals surface area contributed by atoms with Crippen LogP contribution < -0.4 is 5.32 Å². The first kappa shape index (κ1) is 13.7. The number of carbonyl (C=O) groups is 1. The van der Waals surface area contributed by atoms with Crippen molar-refractivity contribution in [3.63, 3.8) is 0 Å². The van der Waals surface area contributed by atoms with Crippen molar-refractivity contribution in [1.82, 2.24) is 4.98 Å². The Morgan fingerprint density at radius 1 is 1.11 bits per heavy atom. The topological polar surface area (TPSA) is 42.0 Å². The Balaban J connectivity index is 2.28. The van der Waals surface area contributed by atoms with Gasteiger partial charge in [-0.05, 0) is 18.2 Å². The molecule has 2 rings (SSSR count). The largest absolute Gasteiger partial charge is 0.319 e. The van der Waals surface area contributed by atoms with E-state index in [1.165, 1.54) is 12.4 Å². The molecule has 0 unspecified atom stereocenters. The van der Waals surface area contributed by atoms with Gasteiger partial charge in [0.2, 0.25) is 0 Å². The second-order valence-electron chi connectivity index (χ2n) is 3.56. The van der Waals surface area contributed by atoms with Gasteiger partial charge in [-0.3, -0.25) is 9.78 Å². The molecule has 0 fully saturated rings. The third kappa shape index (κ3) is 3.00. The van der Waals surface area contributed by atoms with Gasteiger partial charge in [-0.1, -0.05) is 23.2 Å².